The minimum atomic E-state index is -2.18. The van der Waals surface area contributed by atoms with Crippen molar-refractivity contribution in [3.8, 4) is 0 Å². The Balaban J connectivity index is 3.56. The third kappa shape index (κ3) is 53.3. The molecule has 1 aliphatic rings. The summed E-state index contributed by atoms with van der Waals surface area (Å²) in [6.45, 7) is 6.20. The number of hydrogen-bond donors (Lipinski definition) is 38. The number of nitrogens with two attached hydrogens (primary N) is 6. The highest BCUT2D eigenvalue weighted by atomic mass is 32.1. The van der Waals surface area contributed by atoms with Gasteiger partial charge in [-0.3, -0.25) is 136 Å². The lowest BCUT2D eigenvalue weighted by Gasteiger charge is -2.30. The molecule has 0 aliphatic carbocycles. The standard InChI is InChI=1S/C85H143N31O32S2/c1-37(2)26-47(103-60(122)33-100-68(133)53(35-149)113-66(131)41(86)16-19-56(87)118)74(139)105-43(13-9-23-96-84(91)92)69(134)101-40(7)81(146)116-25-11-15-55(116)79(144)106-45(17-20-57(88)119)72(137)104-44(14-10-24-97-85(93)94)71(136)114-54(36-150)78(143)110-49(28-62(125)126)76(141)108-48(27-38(3)4)75(140)109-50(29-63(127)128)77(142)115-65(39(5)6)80(145)107-46(18-21-61(123)124)73(138)112-52(34-117)67(132)99-31-58(120)98-32-59(121)102-42(12-8-22-95-83(89)90)70(135)111-51(82(147)148)30-64(129)130/h37-55,65,117,149-150H,8-36,86H2,1-7H3,(H2,87,118)(H2,88,119)(H,98,120)(H,99,132)(H,100,133)(H,101,134)(H,102,121)(H,103,122)(H,104,137)(H,105,139)(H,106,144)(H,107,145)(H,108,141)(H,109,140)(H,110,143)(H,111,135)(H,112,138)(H,113,131)(H,114,136)(H,115,142)(H,123,124)(H,125,126)(H,127,128)(H,129,130)(H,147,148)(H4,89,90,95)(H4,91,92,96)(H4,93,94,97)/t40-,41-,42-,43-,44-,45-,46-,47-,48-,49-,50-,51-,52-,53-,54-,55-,65-/m0/s1. The van der Waals surface area contributed by atoms with Crippen LogP contribution in [0.25, 0.3) is 0 Å². The average Bonchev–Trinajstić information content (AvgIpc) is 1.64. The van der Waals surface area contributed by atoms with Gasteiger partial charge in [-0.05, 0) is 108 Å². The number of carboxylic acid groups (broad SMARTS) is 5. The summed E-state index contributed by atoms with van der Waals surface area (Å²) in [6.07, 6.45) is -7.94. The van der Waals surface area contributed by atoms with E-state index < -0.39 is 363 Å². The maximum absolute atomic E-state index is 14.6. The van der Waals surface area contributed by atoms with Crippen LogP contribution in [0, 0.1) is 34.0 Å². The molecule has 0 unspecified atom stereocenters. The molecule has 0 spiro atoms. The molecule has 0 saturated carbocycles. The molecule has 63 nitrogen and oxygen atoms in total. The minimum absolute atomic E-state index is 0.00280. The molecule has 150 heavy (non-hydrogen) atoms. The minimum Gasteiger partial charge on any atom is -0.481 e. The Morgan fingerprint density at radius 3 is 1.09 bits per heavy atom. The molecule has 0 aromatic rings. The molecule has 1 fully saturated rings. The zero-order chi connectivity index (χ0) is 114. The number of carboxylic acids is 5. The van der Waals surface area contributed by atoms with Crippen molar-refractivity contribution in [1.29, 1.82) is 16.2 Å². The van der Waals surface area contributed by atoms with E-state index in [0.717, 1.165) is 4.90 Å². The third-order valence-corrected chi connectivity index (χ3v) is 22.5. The maximum atomic E-state index is 14.6. The van der Waals surface area contributed by atoms with Crippen LogP contribution >= 0.6 is 25.3 Å². The first-order valence-electron chi connectivity index (χ1n) is 47.3. The molecule has 0 radical (unpaired) electrons. The zero-order valence-electron chi connectivity index (χ0n) is 83.7. The van der Waals surface area contributed by atoms with Crippen LogP contribution < -0.4 is 146 Å². The summed E-state index contributed by atoms with van der Waals surface area (Å²) in [7, 11) is 0. The van der Waals surface area contributed by atoms with Gasteiger partial charge in [0.05, 0.1) is 51.5 Å². The van der Waals surface area contributed by atoms with Gasteiger partial charge in [0.1, 0.15) is 96.7 Å². The summed E-state index contributed by atoms with van der Waals surface area (Å²) in [6, 6.07) is -29.1. The van der Waals surface area contributed by atoms with Crippen molar-refractivity contribution in [2.45, 2.75) is 273 Å². The number of aliphatic hydroxyl groups excluding tert-OH is 1. The first-order valence-corrected chi connectivity index (χ1v) is 48.6. The fraction of sp³-hybridized carbons (Fsp3) is 0.659. The van der Waals surface area contributed by atoms with Gasteiger partial charge in [-0.25, -0.2) is 4.79 Å². The quantitative estimate of drug-likeness (QED) is 0.0116. The summed E-state index contributed by atoms with van der Waals surface area (Å²) in [4.78, 5) is 347. The van der Waals surface area contributed by atoms with E-state index in [1.54, 1.807) is 13.8 Å². The highest BCUT2D eigenvalue weighted by Crippen LogP contribution is 2.21. The van der Waals surface area contributed by atoms with E-state index in [-0.39, 0.29) is 115 Å². The number of carbonyl (C=O) groups excluding carboxylic acids is 21. The lowest BCUT2D eigenvalue weighted by Crippen LogP contribution is -2.62. The van der Waals surface area contributed by atoms with Crippen LogP contribution in [0.2, 0.25) is 0 Å². The summed E-state index contributed by atoms with van der Waals surface area (Å²) in [5.74, 6) is -35.9. The smallest absolute Gasteiger partial charge is 0.326 e. The normalized spacial score (nSPS) is 15.2. The van der Waals surface area contributed by atoms with Gasteiger partial charge in [-0.15, -0.1) is 0 Å². The van der Waals surface area contributed by atoms with Crippen molar-refractivity contribution in [2.75, 3.05) is 63.9 Å². The average molecular weight is 2180 g/mol. The second-order valence-electron chi connectivity index (χ2n) is 35.7. The Bertz CT molecular complexity index is 4790. The van der Waals surface area contributed by atoms with Crippen LogP contribution in [-0.4, -0.2) is 374 Å². The molecular formula is C85H143N31O32S2. The Morgan fingerprint density at radius 1 is 0.340 bits per heavy atom. The van der Waals surface area contributed by atoms with Gasteiger partial charge in [0, 0.05) is 56.9 Å². The topological polar surface area (TPSA) is 1050 Å². The molecule has 65 heteroatoms. The fourth-order valence-electron chi connectivity index (χ4n) is 14.1. The van der Waals surface area contributed by atoms with Crippen LogP contribution in [0.1, 0.15) is 170 Å². The molecule has 1 heterocycles. The number of rotatable bonds is 73. The fourth-order valence-corrected chi connectivity index (χ4v) is 14.6. The Kier molecular flexibility index (Phi) is 61.0. The number of hydrogen-bond acceptors (Lipinski definition) is 33. The molecule has 0 aromatic heterocycles. The number of nitrogens with one attached hydrogen (secondary N) is 24. The highest BCUT2D eigenvalue weighted by molar-refractivity contribution is 7.80. The summed E-state index contributed by atoms with van der Waals surface area (Å²) < 4.78 is 0. The van der Waals surface area contributed by atoms with Crippen molar-refractivity contribution < 1.29 is 155 Å². The molecule has 42 N–H and O–H groups in total. The van der Waals surface area contributed by atoms with Crippen LogP contribution in [0.3, 0.4) is 0 Å². The predicted molar refractivity (Wildman–Crippen MR) is 530 cm³/mol. The van der Waals surface area contributed by atoms with Crippen molar-refractivity contribution in [3.05, 3.63) is 0 Å². The van der Waals surface area contributed by atoms with Crippen LogP contribution in [0.15, 0.2) is 0 Å². The molecule has 17 atom stereocenters. The number of thiol groups is 2. The zero-order valence-corrected chi connectivity index (χ0v) is 85.4. The number of nitrogens with zero attached hydrogens (tertiary/aromatic N) is 1. The first-order chi connectivity index (χ1) is 70.1. The third-order valence-electron chi connectivity index (χ3n) is 21.8. The number of aliphatic carboxylic acids is 5. The van der Waals surface area contributed by atoms with Gasteiger partial charge in [0.15, 0.2) is 17.9 Å². The Morgan fingerprint density at radius 2 is 0.667 bits per heavy atom. The molecule has 842 valence electrons. The molecule has 21 amide bonds. The summed E-state index contributed by atoms with van der Waals surface area (Å²) in [5.41, 5.74) is 32.7. The number of carbonyl (C=O) groups is 26. The van der Waals surface area contributed by atoms with Crippen LogP contribution in [0.5, 0.6) is 0 Å². The molecule has 1 rings (SSSR count). The van der Waals surface area contributed by atoms with E-state index in [1.165, 1.54) is 34.6 Å². The van der Waals surface area contributed by atoms with Crippen LogP contribution in [-0.2, 0) is 125 Å². The lowest BCUT2D eigenvalue weighted by molar-refractivity contribution is -0.147. The number of primary amides is 2. The summed E-state index contributed by atoms with van der Waals surface area (Å²) in [5, 5.41) is 129. The first kappa shape index (κ1) is 133. The monoisotopic (exact) mass is 2170 g/mol. The highest BCUT2D eigenvalue weighted by Gasteiger charge is 2.43. The van der Waals surface area contributed by atoms with Gasteiger partial charge >= 0.3 is 29.8 Å². The number of guanidine groups is 3. The molecular weight excluding hydrogens is 2030 g/mol. The lowest BCUT2D eigenvalue weighted by atomic mass is 10.00. The predicted octanol–water partition coefficient (Wildman–Crippen LogP) is -14.8. The molecule has 1 saturated heterocycles. The summed E-state index contributed by atoms with van der Waals surface area (Å²) >= 11 is 8.28. The van der Waals surface area contributed by atoms with E-state index >= 15 is 0 Å². The van der Waals surface area contributed by atoms with E-state index in [2.05, 4.69) is 126 Å². The molecule has 0 aromatic carbocycles. The Hall–Kier alpha value is -15.3. The van der Waals surface area contributed by atoms with Crippen LogP contribution in [0.4, 0.5) is 0 Å². The number of amides is 21. The van der Waals surface area contributed by atoms with E-state index in [9.17, 15) is 150 Å². The van der Waals surface area contributed by atoms with Crippen molar-refractivity contribution in [1.82, 2.24) is 117 Å². The van der Waals surface area contributed by atoms with E-state index in [1.807, 2.05) is 10.6 Å². The molecule has 0 bridgehead atoms. The molecule has 1 aliphatic heterocycles. The second-order valence-corrected chi connectivity index (χ2v) is 36.4. The van der Waals surface area contributed by atoms with E-state index in [0.29, 0.717) is 0 Å². The van der Waals surface area contributed by atoms with Gasteiger partial charge < -0.3 is 182 Å². The van der Waals surface area contributed by atoms with Gasteiger partial charge in [-0.2, -0.15) is 25.3 Å². The largest absolute Gasteiger partial charge is 0.481 e. The number of likely N-dealkylation sites (tertiary alicyclic amines) is 1. The second kappa shape index (κ2) is 69.0. The van der Waals surface area contributed by atoms with Crippen molar-refractivity contribution in [2.24, 2.45) is 52.2 Å². The van der Waals surface area contributed by atoms with E-state index in [4.69, 9.17) is 55.7 Å². The van der Waals surface area contributed by atoms with Gasteiger partial charge in [0.25, 0.3) is 0 Å². The van der Waals surface area contributed by atoms with Gasteiger partial charge in [0.2, 0.25) is 124 Å². The Labute approximate surface area is 870 Å². The van der Waals surface area contributed by atoms with Gasteiger partial charge in [-0.1, -0.05) is 41.5 Å². The SMILES string of the molecule is CC(C)C[C@H](NC(=O)CNC(=O)[C@H](CS)NC(=O)[C@@H](N)CCC(N)=O)C(=O)N[C@@H](CCCNC(=N)N)C(=O)N[C@@H](C)C(=O)N1CCC[C@H]1C(=O)N[C@@H](CCC(N)=O)C(=O)N[C@@H](CCCNC(=N)N)C(=O)N[C@@H](CS)C(=O)N[C@@H](CC(=O)O)C(=O)N[C@@H](CC(C)C)C(=O)N[C@@H](CC(=O)O)C(=O)N[C@H](C(=O)N[C@@H](CCC(=O)O)C(=O)N[C@@H](CO)C(=O)NCC(=O)NCC(=O)N[C@@H](CCCNC(=N)N)C(=O)N[C@@H](CC(=O)O)C(=O)O)C(C)C. The number of aliphatic hydroxyl groups is 1. The maximum Gasteiger partial charge on any atom is 0.326 e. The van der Waals surface area contributed by atoms with Crippen molar-refractivity contribution >= 4 is 197 Å². The van der Waals surface area contributed by atoms with Crippen molar-refractivity contribution in [3.63, 3.8) is 0 Å².